The highest BCUT2D eigenvalue weighted by Crippen LogP contribution is 2.26. The Morgan fingerprint density at radius 2 is 1.60 bits per heavy atom. The smallest absolute Gasteiger partial charge is 0.267 e. The number of carbonyl (C=O) groups is 1. The SMILES string of the molecule is CCN(C(=O)CSc1nnc2n(-c3ccccc3C)c(=O)c3ccccc3n12)c1ccccc1C. The van der Waals surface area contributed by atoms with E-state index in [1.807, 2.05) is 98.0 Å². The summed E-state index contributed by atoms with van der Waals surface area (Å²) in [5.41, 5.74) is 4.23. The van der Waals surface area contributed by atoms with E-state index in [-0.39, 0.29) is 17.2 Å². The lowest BCUT2D eigenvalue weighted by molar-refractivity contribution is -0.116. The molecular formula is C27H25N5O2S. The largest absolute Gasteiger partial charge is 0.312 e. The molecule has 0 fully saturated rings. The number of rotatable bonds is 6. The molecule has 1 amide bonds. The molecule has 0 aliphatic rings. The molecule has 3 aromatic carbocycles. The van der Waals surface area contributed by atoms with Crippen LogP contribution in [-0.4, -0.2) is 37.4 Å². The van der Waals surface area contributed by atoms with E-state index < -0.39 is 0 Å². The Morgan fingerprint density at radius 3 is 2.34 bits per heavy atom. The van der Waals surface area contributed by atoms with Crippen LogP contribution in [0, 0.1) is 13.8 Å². The van der Waals surface area contributed by atoms with Crippen LogP contribution in [0.2, 0.25) is 0 Å². The lowest BCUT2D eigenvalue weighted by Gasteiger charge is -2.22. The second kappa shape index (κ2) is 9.38. The summed E-state index contributed by atoms with van der Waals surface area (Å²) in [7, 11) is 0. The van der Waals surface area contributed by atoms with Crippen molar-refractivity contribution in [3.05, 3.63) is 94.3 Å². The molecule has 5 aromatic rings. The van der Waals surface area contributed by atoms with Gasteiger partial charge in [0.1, 0.15) is 0 Å². The number of anilines is 1. The second-order valence-electron chi connectivity index (χ2n) is 8.28. The number of hydrogen-bond donors (Lipinski definition) is 0. The van der Waals surface area contributed by atoms with E-state index in [1.165, 1.54) is 11.8 Å². The third kappa shape index (κ3) is 4.00. The topological polar surface area (TPSA) is 72.5 Å². The second-order valence-corrected chi connectivity index (χ2v) is 9.22. The molecule has 0 bridgehead atoms. The number of thioether (sulfide) groups is 1. The molecule has 5 rings (SSSR count). The Morgan fingerprint density at radius 1 is 0.914 bits per heavy atom. The van der Waals surface area contributed by atoms with Crippen molar-refractivity contribution < 1.29 is 4.79 Å². The molecule has 0 unspecified atom stereocenters. The van der Waals surface area contributed by atoms with Crippen molar-refractivity contribution in [1.82, 2.24) is 19.2 Å². The molecule has 0 atom stereocenters. The fourth-order valence-corrected chi connectivity index (χ4v) is 5.17. The summed E-state index contributed by atoms with van der Waals surface area (Å²) in [6.07, 6.45) is 0. The van der Waals surface area contributed by atoms with Gasteiger partial charge >= 0.3 is 0 Å². The number of amides is 1. The third-order valence-corrected chi connectivity index (χ3v) is 7.01. The van der Waals surface area contributed by atoms with E-state index in [0.29, 0.717) is 28.4 Å². The Bertz CT molecular complexity index is 1620. The number of benzene rings is 3. The summed E-state index contributed by atoms with van der Waals surface area (Å²) >= 11 is 1.32. The highest BCUT2D eigenvalue weighted by Gasteiger charge is 2.21. The fraction of sp³-hybridized carbons (Fsp3) is 0.185. The molecule has 0 saturated carbocycles. The molecule has 7 nitrogen and oxygen atoms in total. The summed E-state index contributed by atoms with van der Waals surface area (Å²) in [5.74, 6) is 0.602. The maximum atomic E-state index is 13.5. The van der Waals surface area contributed by atoms with Crippen LogP contribution in [0.25, 0.3) is 22.4 Å². The number of carbonyl (C=O) groups excluding carboxylic acids is 1. The molecule has 0 aliphatic carbocycles. The number of para-hydroxylation sites is 3. The van der Waals surface area contributed by atoms with Gasteiger partial charge in [-0.3, -0.25) is 14.0 Å². The Hall–Kier alpha value is -3.91. The lowest BCUT2D eigenvalue weighted by atomic mass is 10.2. The maximum Gasteiger partial charge on any atom is 0.267 e. The number of aromatic nitrogens is 4. The predicted molar refractivity (Wildman–Crippen MR) is 141 cm³/mol. The van der Waals surface area contributed by atoms with Gasteiger partial charge in [0, 0.05) is 12.2 Å². The van der Waals surface area contributed by atoms with Crippen molar-refractivity contribution in [3.8, 4) is 5.69 Å². The van der Waals surface area contributed by atoms with Gasteiger partial charge in [-0.15, -0.1) is 10.2 Å². The van der Waals surface area contributed by atoms with Crippen LogP contribution in [-0.2, 0) is 4.79 Å². The van der Waals surface area contributed by atoms with E-state index in [1.54, 1.807) is 9.47 Å². The summed E-state index contributed by atoms with van der Waals surface area (Å²) in [6, 6.07) is 23.0. The maximum absolute atomic E-state index is 13.5. The molecule has 0 aliphatic heterocycles. The van der Waals surface area contributed by atoms with Gasteiger partial charge in [0.15, 0.2) is 5.16 Å². The molecule has 2 aromatic heterocycles. The van der Waals surface area contributed by atoms with Crippen molar-refractivity contribution in [1.29, 1.82) is 0 Å². The van der Waals surface area contributed by atoms with Crippen LogP contribution in [0.5, 0.6) is 0 Å². The Labute approximate surface area is 207 Å². The van der Waals surface area contributed by atoms with Gasteiger partial charge < -0.3 is 4.90 Å². The van der Waals surface area contributed by atoms with Crippen LogP contribution >= 0.6 is 11.8 Å². The van der Waals surface area contributed by atoms with Crippen molar-refractivity contribution in [2.45, 2.75) is 25.9 Å². The first kappa shape index (κ1) is 22.9. The number of aryl methyl sites for hydroxylation is 2. The van der Waals surface area contributed by atoms with Crippen molar-refractivity contribution in [2.24, 2.45) is 0 Å². The van der Waals surface area contributed by atoms with Gasteiger partial charge in [-0.1, -0.05) is 60.3 Å². The van der Waals surface area contributed by atoms with Crippen LogP contribution in [0.15, 0.2) is 82.7 Å². The molecule has 2 heterocycles. The number of nitrogens with zero attached hydrogens (tertiary/aromatic N) is 5. The van der Waals surface area contributed by atoms with E-state index in [4.69, 9.17) is 0 Å². The molecule has 8 heteroatoms. The van der Waals surface area contributed by atoms with Gasteiger partial charge in [0.25, 0.3) is 5.56 Å². The summed E-state index contributed by atoms with van der Waals surface area (Å²) in [5, 5.41) is 9.91. The van der Waals surface area contributed by atoms with Gasteiger partial charge in [0.2, 0.25) is 11.7 Å². The zero-order chi connectivity index (χ0) is 24.5. The minimum absolute atomic E-state index is 0.0138. The van der Waals surface area contributed by atoms with Gasteiger partial charge in [-0.05, 0) is 56.2 Å². The average molecular weight is 484 g/mol. The zero-order valence-electron chi connectivity index (χ0n) is 19.8. The van der Waals surface area contributed by atoms with Crippen molar-refractivity contribution >= 4 is 40.0 Å². The Balaban J connectivity index is 1.59. The minimum atomic E-state index is -0.154. The van der Waals surface area contributed by atoms with Gasteiger partial charge in [-0.25, -0.2) is 4.57 Å². The summed E-state index contributed by atoms with van der Waals surface area (Å²) in [4.78, 5) is 28.5. The van der Waals surface area contributed by atoms with E-state index >= 15 is 0 Å². The molecule has 35 heavy (non-hydrogen) atoms. The van der Waals surface area contributed by atoms with E-state index in [9.17, 15) is 9.59 Å². The first-order valence-electron chi connectivity index (χ1n) is 11.4. The number of hydrogen-bond acceptors (Lipinski definition) is 5. The zero-order valence-corrected chi connectivity index (χ0v) is 20.6. The van der Waals surface area contributed by atoms with Crippen LogP contribution in [0.4, 0.5) is 5.69 Å². The van der Waals surface area contributed by atoms with Gasteiger partial charge in [0.05, 0.1) is 22.3 Å². The van der Waals surface area contributed by atoms with Crippen molar-refractivity contribution in [2.75, 3.05) is 17.2 Å². The third-order valence-electron chi connectivity index (χ3n) is 6.10. The molecule has 176 valence electrons. The molecular weight excluding hydrogens is 458 g/mol. The first-order valence-corrected chi connectivity index (χ1v) is 12.4. The minimum Gasteiger partial charge on any atom is -0.312 e. The highest BCUT2D eigenvalue weighted by molar-refractivity contribution is 7.99. The van der Waals surface area contributed by atoms with Crippen LogP contribution in [0.3, 0.4) is 0 Å². The predicted octanol–water partition coefficient (Wildman–Crippen LogP) is 4.80. The summed E-state index contributed by atoms with van der Waals surface area (Å²) < 4.78 is 3.47. The molecule has 0 saturated heterocycles. The first-order chi connectivity index (χ1) is 17.0. The molecule has 0 radical (unpaired) electrons. The van der Waals surface area contributed by atoms with E-state index in [2.05, 4.69) is 10.2 Å². The average Bonchev–Trinajstić information content (AvgIpc) is 3.29. The molecule has 0 spiro atoms. The quantitative estimate of drug-likeness (QED) is 0.325. The molecule has 0 N–H and O–H groups in total. The normalized spacial score (nSPS) is 11.3. The summed E-state index contributed by atoms with van der Waals surface area (Å²) in [6.45, 7) is 6.50. The fourth-order valence-electron chi connectivity index (χ4n) is 4.36. The van der Waals surface area contributed by atoms with Crippen LogP contribution < -0.4 is 10.5 Å². The lowest BCUT2D eigenvalue weighted by Crippen LogP contribution is -2.32. The number of fused-ring (bicyclic) bond motifs is 3. The van der Waals surface area contributed by atoms with Crippen LogP contribution in [0.1, 0.15) is 18.1 Å². The van der Waals surface area contributed by atoms with Gasteiger partial charge in [-0.2, -0.15) is 0 Å². The Kier molecular flexibility index (Phi) is 6.13. The standard InChI is InChI=1S/C27H25N5O2S/c1-4-30(21-14-8-5-11-18(21)2)24(33)17-35-27-29-28-26-31(22-15-9-6-12-19(22)3)25(34)20-13-7-10-16-23(20)32(26)27/h5-16H,4,17H2,1-3H3. The van der Waals surface area contributed by atoms with Crippen molar-refractivity contribution in [3.63, 3.8) is 0 Å². The monoisotopic (exact) mass is 483 g/mol. The highest BCUT2D eigenvalue weighted by atomic mass is 32.2. The van der Waals surface area contributed by atoms with E-state index in [0.717, 1.165) is 22.5 Å².